The molecule has 0 fully saturated rings. The molecule has 1 amide bonds. The third-order valence-corrected chi connectivity index (χ3v) is 4.50. The summed E-state index contributed by atoms with van der Waals surface area (Å²) in [5.41, 5.74) is 0.890. The summed E-state index contributed by atoms with van der Waals surface area (Å²) in [6.45, 7) is 4.05. The Hall–Kier alpha value is -3.23. The lowest BCUT2D eigenvalue weighted by molar-refractivity contribution is -0.137. The summed E-state index contributed by atoms with van der Waals surface area (Å²) >= 11 is 0. The van der Waals surface area contributed by atoms with Crippen molar-refractivity contribution in [2.75, 3.05) is 6.54 Å². The van der Waals surface area contributed by atoms with Gasteiger partial charge in [0.25, 0.3) is 5.91 Å². The number of hydrogen-bond acceptors (Lipinski definition) is 3. The Kier molecular flexibility index (Phi) is 6.19. The van der Waals surface area contributed by atoms with Gasteiger partial charge < -0.3 is 5.32 Å². The van der Waals surface area contributed by atoms with E-state index in [4.69, 9.17) is 0 Å². The predicted molar refractivity (Wildman–Crippen MR) is 103 cm³/mol. The van der Waals surface area contributed by atoms with Gasteiger partial charge in [-0.1, -0.05) is 26.0 Å². The highest BCUT2D eigenvalue weighted by molar-refractivity contribution is 5.95. The first-order valence-electron chi connectivity index (χ1n) is 9.31. The van der Waals surface area contributed by atoms with Crippen molar-refractivity contribution < 1.29 is 22.4 Å². The number of nitrogens with one attached hydrogen (secondary N) is 1. The second-order valence-corrected chi connectivity index (χ2v) is 7.05. The first-order chi connectivity index (χ1) is 14.2. The molecular formula is C21H20F4N4O. The minimum Gasteiger partial charge on any atom is -0.352 e. The summed E-state index contributed by atoms with van der Waals surface area (Å²) in [6.07, 6.45) is -1.84. The molecule has 0 radical (unpaired) electrons. The van der Waals surface area contributed by atoms with Crippen LogP contribution < -0.4 is 5.32 Å². The Labute approximate surface area is 170 Å². The molecular weight excluding hydrogens is 400 g/mol. The van der Waals surface area contributed by atoms with Crippen LogP contribution >= 0.6 is 0 Å². The highest BCUT2D eigenvalue weighted by Crippen LogP contribution is 2.29. The van der Waals surface area contributed by atoms with E-state index in [-0.39, 0.29) is 23.5 Å². The molecule has 0 saturated heterocycles. The Morgan fingerprint density at radius 1 is 1.10 bits per heavy atom. The van der Waals surface area contributed by atoms with Crippen molar-refractivity contribution in [3.05, 3.63) is 77.0 Å². The molecule has 1 N–H and O–H groups in total. The quantitative estimate of drug-likeness (QED) is 0.597. The maximum absolute atomic E-state index is 13.0. The number of nitrogens with zero attached hydrogens (tertiary/aromatic N) is 3. The molecule has 0 aliphatic rings. The van der Waals surface area contributed by atoms with Gasteiger partial charge in [-0.05, 0) is 42.2 Å². The number of carbonyl (C=O) groups excluding carboxylic acids is 1. The van der Waals surface area contributed by atoms with Crippen molar-refractivity contribution in [3.63, 3.8) is 0 Å². The molecule has 9 heteroatoms. The Bertz CT molecular complexity index is 1010. The monoisotopic (exact) mass is 420 g/mol. The molecule has 158 valence electrons. The summed E-state index contributed by atoms with van der Waals surface area (Å²) in [6, 6.07) is 8.16. The molecule has 0 atom stereocenters. The summed E-state index contributed by atoms with van der Waals surface area (Å²) in [5, 5.41) is 6.96. The SMILES string of the molecule is CC(C)c1c(C(=O)NCCc2ccc(F)cc2)cnn1-c1ccc(C(F)(F)F)cn1. The van der Waals surface area contributed by atoms with E-state index in [0.29, 0.717) is 24.2 Å². The van der Waals surface area contributed by atoms with Crippen LogP contribution in [-0.2, 0) is 12.6 Å². The Morgan fingerprint density at radius 2 is 1.80 bits per heavy atom. The maximum atomic E-state index is 13.0. The van der Waals surface area contributed by atoms with Crippen LogP contribution in [0.1, 0.15) is 46.9 Å². The van der Waals surface area contributed by atoms with Gasteiger partial charge in [-0.15, -0.1) is 0 Å². The van der Waals surface area contributed by atoms with Crippen LogP contribution in [0.3, 0.4) is 0 Å². The topological polar surface area (TPSA) is 59.8 Å². The zero-order chi connectivity index (χ0) is 21.9. The van der Waals surface area contributed by atoms with Crippen molar-refractivity contribution in [1.29, 1.82) is 0 Å². The first-order valence-corrected chi connectivity index (χ1v) is 9.31. The average molecular weight is 420 g/mol. The molecule has 3 rings (SSSR count). The number of rotatable bonds is 6. The number of carbonyl (C=O) groups is 1. The van der Waals surface area contributed by atoms with Gasteiger partial charge in [0, 0.05) is 12.7 Å². The summed E-state index contributed by atoms with van der Waals surface area (Å²) in [7, 11) is 0. The lowest BCUT2D eigenvalue weighted by Crippen LogP contribution is -2.26. The van der Waals surface area contributed by atoms with Crippen LogP contribution in [0.15, 0.2) is 48.8 Å². The number of amides is 1. The van der Waals surface area contributed by atoms with E-state index in [0.717, 1.165) is 17.8 Å². The molecule has 1 aromatic carbocycles. The third-order valence-electron chi connectivity index (χ3n) is 4.50. The van der Waals surface area contributed by atoms with E-state index in [1.165, 1.54) is 29.1 Å². The molecule has 0 aliphatic carbocycles. The van der Waals surface area contributed by atoms with Crippen LogP contribution in [0.4, 0.5) is 17.6 Å². The van der Waals surface area contributed by atoms with Crippen molar-refractivity contribution in [3.8, 4) is 5.82 Å². The van der Waals surface area contributed by atoms with Crippen LogP contribution in [0.5, 0.6) is 0 Å². The molecule has 0 aliphatic heterocycles. The summed E-state index contributed by atoms with van der Waals surface area (Å²) < 4.78 is 52.6. The van der Waals surface area contributed by atoms with Crippen molar-refractivity contribution >= 4 is 5.91 Å². The van der Waals surface area contributed by atoms with Crippen molar-refractivity contribution in [2.45, 2.75) is 32.4 Å². The average Bonchev–Trinajstić information content (AvgIpc) is 3.14. The van der Waals surface area contributed by atoms with Crippen molar-refractivity contribution in [1.82, 2.24) is 20.1 Å². The summed E-state index contributed by atoms with van der Waals surface area (Å²) in [4.78, 5) is 16.5. The van der Waals surface area contributed by atoms with Crippen LogP contribution in [0, 0.1) is 5.82 Å². The van der Waals surface area contributed by atoms with Gasteiger partial charge in [0.1, 0.15) is 5.82 Å². The van der Waals surface area contributed by atoms with Crippen LogP contribution in [-0.4, -0.2) is 27.2 Å². The van der Waals surface area contributed by atoms with Gasteiger partial charge in [-0.2, -0.15) is 18.3 Å². The molecule has 5 nitrogen and oxygen atoms in total. The van der Waals surface area contributed by atoms with E-state index < -0.39 is 11.7 Å². The second-order valence-electron chi connectivity index (χ2n) is 7.05. The third kappa shape index (κ3) is 4.84. The molecule has 0 unspecified atom stereocenters. The fourth-order valence-electron chi connectivity index (χ4n) is 3.02. The van der Waals surface area contributed by atoms with Gasteiger partial charge in [-0.25, -0.2) is 14.1 Å². The Morgan fingerprint density at radius 3 is 2.37 bits per heavy atom. The highest BCUT2D eigenvalue weighted by Gasteiger charge is 2.31. The highest BCUT2D eigenvalue weighted by atomic mass is 19.4. The lowest BCUT2D eigenvalue weighted by Gasteiger charge is -2.13. The zero-order valence-corrected chi connectivity index (χ0v) is 16.4. The number of hydrogen-bond donors (Lipinski definition) is 1. The van der Waals surface area contributed by atoms with Gasteiger partial charge in [0.15, 0.2) is 5.82 Å². The molecule has 0 bridgehead atoms. The van der Waals surface area contributed by atoms with E-state index in [2.05, 4.69) is 15.4 Å². The van der Waals surface area contributed by atoms with Gasteiger partial charge in [0.2, 0.25) is 0 Å². The van der Waals surface area contributed by atoms with E-state index in [9.17, 15) is 22.4 Å². The molecule has 0 spiro atoms. The Balaban J connectivity index is 1.76. The van der Waals surface area contributed by atoms with Gasteiger partial charge in [-0.3, -0.25) is 4.79 Å². The smallest absolute Gasteiger partial charge is 0.352 e. The number of benzene rings is 1. The number of pyridine rings is 1. The molecule has 30 heavy (non-hydrogen) atoms. The minimum absolute atomic E-state index is 0.130. The normalized spacial score (nSPS) is 11.7. The summed E-state index contributed by atoms with van der Waals surface area (Å²) in [5.74, 6) is -0.612. The number of alkyl halides is 3. The second kappa shape index (κ2) is 8.64. The predicted octanol–water partition coefficient (Wildman–Crippen LogP) is 4.52. The molecule has 0 saturated carbocycles. The van der Waals surface area contributed by atoms with E-state index in [1.54, 1.807) is 12.1 Å². The molecule has 2 aromatic heterocycles. The molecule has 3 aromatic rings. The lowest BCUT2D eigenvalue weighted by atomic mass is 10.1. The van der Waals surface area contributed by atoms with E-state index in [1.807, 2.05) is 13.8 Å². The van der Waals surface area contributed by atoms with Crippen LogP contribution in [0.2, 0.25) is 0 Å². The minimum atomic E-state index is -4.48. The standard InChI is InChI=1S/C21H20F4N4O/c1-13(2)19-17(20(30)26-10-9-14-3-6-16(22)7-4-14)12-28-29(19)18-8-5-15(11-27-18)21(23,24)25/h3-8,11-13H,9-10H2,1-2H3,(H,26,30). The van der Waals surface area contributed by atoms with E-state index >= 15 is 0 Å². The fourth-order valence-corrected chi connectivity index (χ4v) is 3.02. The first kappa shape index (κ1) is 21.5. The number of halogens is 4. The largest absolute Gasteiger partial charge is 0.417 e. The fraction of sp³-hybridized carbons (Fsp3) is 0.286. The van der Waals surface area contributed by atoms with Crippen LogP contribution in [0.25, 0.3) is 5.82 Å². The van der Waals surface area contributed by atoms with Gasteiger partial charge in [0.05, 0.1) is 23.0 Å². The molecule has 2 heterocycles. The van der Waals surface area contributed by atoms with Crippen molar-refractivity contribution in [2.24, 2.45) is 0 Å². The van der Waals surface area contributed by atoms with Gasteiger partial charge >= 0.3 is 6.18 Å². The maximum Gasteiger partial charge on any atom is 0.417 e. The number of aromatic nitrogens is 3. The zero-order valence-electron chi connectivity index (χ0n) is 16.4.